The van der Waals surface area contributed by atoms with Crippen molar-refractivity contribution < 1.29 is 9.90 Å². The molecule has 0 amide bonds. The highest BCUT2D eigenvalue weighted by atomic mass is 16.4. The molecule has 0 aliphatic carbocycles. The van der Waals surface area contributed by atoms with E-state index in [1.807, 2.05) is 0 Å². The van der Waals surface area contributed by atoms with Crippen molar-refractivity contribution in [2.24, 2.45) is 0 Å². The van der Waals surface area contributed by atoms with Gasteiger partial charge >= 0.3 is 5.97 Å². The number of hydrogen-bond donors (Lipinski definition) is 2. The molecule has 0 radical (unpaired) electrons. The molecule has 0 spiro atoms. The van der Waals surface area contributed by atoms with E-state index < -0.39 is 5.97 Å². The van der Waals surface area contributed by atoms with Crippen LogP contribution in [0.2, 0.25) is 0 Å². The van der Waals surface area contributed by atoms with Crippen LogP contribution in [0.25, 0.3) is 0 Å². The van der Waals surface area contributed by atoms with Crippen LogP contribution in [0.1, 0.15) is 39.0 Å². The van der Waals surface area contributed by atoms with Gasteiger partial charge in [-0.2, -0.15) is 0 Å². The second kappa shape index (κ2) is 7.63. The molecule has 94 valence electrons. The highest BCUT2D eigenvalue weighted by molar-refractivity contribution is 5.66. The fourth-order valence-corrected chi connectivity index (χ4v) is 2.26. The SMILES string of the molecule is CCCN(CCC(=O)O)CC1CCCCN1. The molecule has 1 aliphatic heterocycles. The quantitative estimate of drug-likeness (QED) is 0.690. The molecule has 0 aromatic heterocycles. The average molecular weight is 228 g/mol. The van der Waals surface area contributed by atoms with Crippen LogP contribution in [-0.2, 0) is 4.79 Å². The lowest BCUT2D eigenvalue weighted by atomic mass is 10.0. The summed E-state index contributed by atoms with van der Waals surface area (Å²) >= 11 is 0. The first-order chi connectivity index (χ1) is 7.72. The molecule has 0 aromatic rings. The summed E-state index contributed by atoms with van der Waals surface area (Å²) in [6.07, 6.45) is 5.16. The molecule has 0 aromatic carbocycles. The van der Waals surface area contributed by atoms with Gasteiger partial charge < -0.3 is 15.3 Å². The molecular weight excluding hydrogens is 204 g/mol. The van der Waals surface area contributed by atoms with E-state index in [2.05, 4.69) is 17.1 Å². The average Bonchev–Trinajstić information content (AvgIpc) is 2.27. The summed E-state index contributed by atoms with van der Waals surface area (Å²) in [5.41, 5.74) is 0. The van der Waals surface area contributed by atoms with Crippen LogP contribution in [0.5, 0.6) is 0 Å². The third-order valence-corrected chi connectivity index (χ3v) is 3.07. The monoisotopic (exact) mass is 228 g/mol. The minimum Gasteiger partial charge on any atom is -0.481 e. The molecule has 2 N–H and O–H groups in total. The Balaban J connectivity index is 2.27. The van der Waals surface area contributed by atoms with Crippen LogP contribution >= 0.6 is 0 Å². The van der Waals surface area contributed by atoms with Crippen LogP contribution < -0.4 is 5.32 Å². The van der Waals surface area contributed by atoms with Gasteiger partial charge in [0.05, 0.1) is 6.42 Å². The summed E-state index contributed by atoms with van der Waals surface area (Å²) in [5.74, 6) is -0.697. The Bertz CT molecular complexity index is 203. The number of rotatable bonds is 7. The first kappa shape index (κ1) is 13.5. The minimum atomic E-state index is -0.697. The lowest BCUT2D eigenvalue weighted by Crippen LogP contribution is -2.44. The van der Waals surface area contributed by atoms with Crippen molar-refractivity contribution in [1.29, 1.82) is 0 Å². The van der Waals surface area contributed by atoms with E-state index in [-0.39, 0.29) is 6.42 Å². The Labute approximate surface area is 98.0 Å². The van der Waals surface area contributed by atoms with Gasteiger partial charge in [-0.25, -0.2) is 0 Å². The fourth-order valence-electron chi connectivity index (χ4n) is 2.26. The summed E-state index contributed by atoms with van der Waals surface area (Å²) in [5, 5.41) is 12.2. The van der Waals surface area contributed by atoms with Crippen LogP contribution in [0.4, 0.5) is 0 Å². The van der Waals surface area contributed by atoms with Crippen LogP contribution in [0.3, 0.4) is 0 Å². The van der Waals surface area contributed by atoms with Crippen LogP contribution in [0, 0.1) is 0 Å². The number of aliphatic carboxylic acids is 1. The Morgan fingerprint density at radius 1 is 1.44 bits per heavy atom. The minimum absolute atomic E-state index is 0.257. The van der Waals surface area contributed by atoms with E-state index in [1.54, 1.807) is 0 Å². The summed E-state index contributed by atoms with van der Waals surface area (Å²) in [4.78, 5) is 12.8. The maximum atomic E-state index is 10.6. The molecule has 1 unspecified atom stereocenters. The first-order valence-electron chi connectivity index (χ1n) is 6.40. The van der Waals surface area contributed by atoms with Gasteiger partial charge in [-0.15, -0.1) is 0 Å². The molecule has 1 atom stereocenters. The summed E-state index contributed by atoms with van der Waals surface area (Å²) in [7, 11) is 0. The zero-order chi connectivity index (χ0) is 11.8. The van der Waals surface area contributed by atoms with Crippen LogP contribution in [0.15, 0.2) is 0 Å². The van der Waals surface area contributed by atoms with Gasteiger partial charge in [0.25, 0.3) is 0 Å². The van der Waals surface area contributed by atoms with E-state index in [1.165, 1.54) is 19.3 Å². The molecule has 1 rings (SSSR count). The van der Waals surface area contributed by atoms with Gasteiger partial charge in [-0.3, -0.25) is 4.79 Å². The Morgan fingerprint density at radius 2 is 2.25 bits per heavy atom. The van der Waals surface area contributed by atoms with Crippen molar-refractivity contribution in [3.63, 3.8) is 0 Å². The Morgan fingerprint density at radius 3 is 2.81 bits per heavy atom. The van der Waals surface area contributed by atoms with Crippen molar-refractivity contribution >= 4 is 5.97 Å². The summed E-state index contributed by atoms with van der Waals surface area (Å²) in [6, 6.07) is 0.564. The highest BCUT2D eigenvalue weighted by Gasteiger charge is 2.16. The molecule has 1 saturated heterocycles. The number of nitrogens with one attached hydrogen (secondary N) is 1. The zero-order valence-electron chi connectivity index (χ0n) is 10.2. The number of nitrogens with zero attached hydrogens (tertiary/aromatic N) is 1. The van der Waals surface area contributed by atoms with Crippen molar-refractivity contribution in [3.8, 4) is 0 Å². The third-order valence-electron chi connectivity index (χ3n) is 3.07. The Hall–Kier alpha value is -0.610. The number of piperidine rings is 1. The van der Waals surface area contributed by atoms with Crippen molar-refractivity contribution in [1.82, 2.24) is 10.2 Å². The fraction of sp³-hybridized carbons (Fsp3) is 0.917. The molecule has 16 heavy (non-hydrogen) atoms. The molecule has 4 nitrogen and oxygen atoms in total. The number of hydrogen-bond acceptors (Lipinski definition) is 3. The van der Waals surface area contributed by atoms with E-state index in [0.717, 1.165) is 26.1 Å². The van der Waals surface area contributed by atoms with Crippen LogP contribution in [-0.4, -0.2) is 48.2 Å². The number of carbonyl (C=O) groups is 1. The van der Waals surface area contributed by atoms with E-state index in [4.69, 9.17) is 5.11 Å². The smallest absolute Gasteiger partial charge is 0.304 e. The summed E-state index contributed by atoms with van der Waals surface area (Å²) < 4.78 is 0. The second-order valence-corrected chi connectivity index (χ2v) is 4.59. The number of carboxylic acid groups (broad SMARTS) is 1. The van der Waals surface area contributed by atoms with E-state index >= 15 is 0 Å². The normalized spacial score (nSPS) is 21.2. The molecule has 0 bridgehead atoms. The number of carboxylic acids is 1. The topological polar surface area (TPSA) is 52.6 Å². The van der Waals surface area contributed by atoms with Gasteiger partial charge in [-0.05, 0) is 32.4 Å². The van der Waals surface area contributed by atoms with E-state index in [9.17, 15) is 4.79 Å². The lowest BCUT2D eigenvalue weighted by Gasteiger charge is -2.30. The van der Waals surface area contributed by atoms with Crippen molar-refractivity contribution in [3.05, 3.63) is 0 Å². The zero-order valence-corrected chi connectivity index (χ0v) is 10.2. The van der Waals surface area contributed by atoms with E-state index in [0.29, 0.717) is 12.6 Å². The van der Waals surface area contributed by atoms with Gasteiger partial charge in [0.2, 0.25) is 0 Å². The van der Waals surface area contributed by atoms with Gasteiger partial charge in [0.1, 0.15) is 0 Å². The Kier molecular flexibility index (Phi) is 6.42. The van der Waals surface area contributed by atoms with Crippen molar-refractivity contribution in [2.45, 2.75) is 45.1 Å². The first-order valence-corrected chi connectivity index (χ1v) is 6.40. The molecular formula is C12H24N2O2. The second-order valence-electron chi connectivity index (χ2n) is 4.59. The maximum absolute atomic E-state index is 10.6. The van der Waals surface area contributed by atoms with Crippen molar-refractivity contribution in [2.75, 3.05) is 26.2 Å². The molecule has 1 heterocycles. The predicted octanol–water partition coefficient (Wildman–Crippen LogP) is 1.32. The molecule has 4 heteroatoms. The van der Waals surface area contributed by atoms with Gasteiger partial charge in [0, 0.05) is 19.1 Å². The standard InChI is InChI=1S/C12H24N2O2/c1-2-8-14(9-6-12(15)16)10-11-5-3-4-7-13-11/h11,13H,2-10H2,1H3,(H,15,16). The van der Waals surface area contributed by atoms with Gasteiger partial charge in [-0.1, -0.05) is 13.3 Å². The molecule has 0 saturated carbocycles. The lowest BCUT2D eigenvalue weighted by molar-refractivity contribution is -0.137. The third kappa shape index (κ3) is 5.47. The predicted molar refractivity (Wildman–Crippen MR) is 64.6 cm³/mol. The molecule has 1 fully saturated rings. The summed E-state index contributed by atoms with van der Waals surface area (Å²) in [6.45, 7) is 5.94. The largest absolute Gasteiger partial charge is 0.481 e. The molecule has 1 aliphatic rings. The maximum Gasteiger partial charge on any atom is 0.304 e. The highest BCUT2D eigenvalue weighted by Crippen LogP contribution is 2.09. The van der Waals surface area contributed by atoms with Gasteiger partial charge in [0.15, 0.2) is 0 Å².